The lowest BCUT2D eigenvalue weighted by Crippen LogP contribution is -2.53. The molecule has 1 aromatic rings. The largest absolute Gasteiger partial charge is 0.348 e. The van der Waals surface area contributed by atoms with Gasteiger partial charge >= 0.3 is 11.8 Å². The zero-order valence-electron chi connectivity index (χ0n) is 15.0. The highest BCUT2D eigenvalue weighted by Crippen LogP contribution is 2.18. The lowest BCUT2D eigenvalue weighted by molar-refractivity contribution is -0.136. The van der Waals surface area contributed by atoms with Gasteiger partial charge in [0.15, 0.2) is 6.29 Å². The third-order valence-corrected chi connectivity index (χ3v) is 3.84. The van der Waals surface area contributed by atoms with Crippen molar-refractivity contribution < 1.29 is 14.4 Å². The summed E-state index contributed by atoms with van der Waals surface area (Å²) in [5, 5.41) is 15.5. The molecule has 2 rings (SSSR count). The summed E-state index contributed by atoms with van der Waals surface area (Å²) in [5.74, 6) is -0.966. The maximum absolute atomic E-state index is 12.1. The van der Waals surface area contributed by atoms with E-state index in [1.807, 2.05) is 20.8 Å². The molecule has 0 aliphatic carbocycles. The van der Waals surface area contributed by atoms with Crippen LogP contribution in [0.25, 0.3) is 0 Å². The summed E-state index contributed by atoms with van der Waals surface area (Å²) in [5.41, 5.74) is 0.660. The normalized spacial score (nSPS) is 20.3. The molecule has 2 unspecified atom stereocenters. The zero-order chi connectivity index (χ0) is 18.6. The van der Waals surface area contributed by atoms with Crippen LogP contribution in [0.4, 0.5) is 5.82 Å². The summed E-state index contributed by atoms with van der Waals surface area (Å²) in [6.07, 6.45) is 0.615. The molecule has 0 bridgehead atoms. The number of aromatic nitrogens is 2. The Labute approximate surface area is 146 Å². The van der Waals surface area contributed by atoms with Crippen molar-refractivity contribution in [3.8, 4) is 0 Å². The van der Waals surface area contributed by atoms with E-state index in [0.717, 1.165) is 6.42 Å². The molecule has 0 aromatic carbocycles. The summed E-state index contributed by atoms with van der Waals surface area (Å²) in [6, 6.07) is 1.68. The number of nitrogens with zero attached hydrogens (tertiary/aromatic N) is 2. The van der Waals surface area contributed by atoms with Gasteiger partial charge in [-0.15, -0.1) is 0 Å². The second-order valence-corrected chi connectivity index (χ2v) is 6.62. The van der Waals surface area contributed by atoms with Gasteiger partial charge in [0.1, 0.15) is 5.82 Å². The summed E-state index contributed by atoms with van der Waals surface area (Å²) in [4.78, 5) is 35.8. The molecule has 25 heavy (non-hydrogen) atoms. The van der Waals surface area contributed by atoms with Crippen molar-refractivity contribution >= 4 is 23.5 Å². The first kappa shape index (κ1) is 18.9. The molecule has 3 amide bonds. The molecule has 1 aliphatic rings. The first-order valence-corrected chi connectivity index (χ1v) is 8.50. The Kier molecular flexibility index (Phi) is 6.13. The van der Waals surface area contributed by atoms with Gasteiger partial charge in [0.25, 0.3) is 0 Å². The third kappa shape index (κ3) is 5.02. The van der Waals surface area contributed by atoms with Crippen LogP contribution >= 0.6 is 0 Å². The Morgan fingerprint density at radius 3 is 2.76 bits per heavy atom. The van der Waals surface area contributed by atoms with E-state index in [0.29, 0.717) is 24.5 Å². The number of hydrogen-bond acceptors (Lipinski definition) is 5. The Morgan fingerprint density at radius 1 is 1.40 bits per heavy atom. The SMILES string of the molecule is CCC1CC(=O)NC(n2nc(C)cc2NC(=O)C(=O)NCC(C)C)N1. The average Bonchev–Trinajstić information content (AvgIpc) is 2.92. The van der Waals surface area contributed by atoms with Crippen LogP contribution in [0.3, 0.4) is 0 Å². The minimum Gasteiger partial charge on any atom is -0.348 e. The fraction of sp³-hybridized carbons (Fsp3) is 0.625. The molecule has 2 heterocycles. The van der Waals surface area contributed by atoms with Crippen LogP contribution < -0.4 is 21.3 Å². The van der Waals surface area contributed by atoms with E-state index in [-0.39, 0.29) is 17.9 Å². The highest BCUT2D eigenvalue weighted by Gasteiger charge is 2.28. The van der Waals surface area contributed by atoms with Gasteiger partial charge in [-0.25, -0.2) is 4.68 Å². The minimum atomic E-state index is -0.768. The molecule has 9 nitrogen and oxygen atoms in total. The van der Waals surface area contributed by atoms with Crippen molar-refractivity contribution in [2.24, 2.45) is 5.92 Å². The topological polar surface area (TPSA) is 117 Å². The molecule has 0 spiro atoms. The summed E-state index contributed by atoms with van der Waals surface area (Å²) in [6.45, 7) is 8.07. The van der Waals surface area contributed by atoms with Crippen molar-refractivity contribution in [1.82, 2.24) is 25.7 Å². The van der Waals surface area contributed by atoms with Crippen molar-refractivity contribution in [1.29, 1.82) is 0 Å². The Hall–Kier alpha value is -2.42. The van der Waals surface area contributed by atoms with Gasteiger partial charge in [-0.2, -0.15) is 5.10 Å². The monoisotopic (exact) mass is 350 g/mol. The smallest absolute Gasteiger partial charge is 0.314 e. The van der Waals surface area contributed by atoms with E-state index in [2.05, 4.69) is 26.4 Å². The predicted molar refractivity (Wildman–Crippen MR) is 92.5 cm³/mol. The molecule has 138 valence electrons. The molecular weight excluding hydrogens is 324 g/mol. The molecule has 0 saturated carbocycles. The number of carbonyl (C=O) groups excluding carboxylic acids is 3. The fourth-order valence-corrected chi connectivity index (χ4v) is 2.51. The first-order chi connectivity index (χ1) is 11.8. The van der Waals surface area contributed by atoms with Crippen LogP contribution in [0, 0.1) is 12.8 Å². The van der Waals surface area contributed by atoms with Gasteiger partial charge in [0, 0.05) is 25.1 Å². The van der Waals surface area contributed by atoms with E-state index in [4.69, 9.17) is 0 Å². The molecule has 2 atom stereocenters. The van der Waals surface area contributed by atoms with Crippen molar-refractivity contribution in [3.63, 3.8) is 0 Å². The summed E-state index contributed by atoms with van der Waals surface area (Å²) >= 11 is 0. The van der Waals surface area contributed by atoms with E-state index in [1.54, 1.807) is 13.0 Å². The van der Waals surface area contributed by atoms with Gasteiger partial charge < -0.3 is 16.0 Å². The maximum atomic E-state index is 12.1. The molecule has 9 heteroatoms. The van der Waals surface area contributed by atoms with E-state index < -0.39 is 18.1 Å². The number of carbonyl (C=O) groups is 3. The quantitative estimate of drug-likeness (QED) is 0.568. The van der Waals surface area contributed by atoms with E-state index in [9.17, 15) is 14.4 Å². The van der Waals surface area contributed by atoms with E-state index >= 15 is 0 Å². The first-order valence-electron chi connectivity index (χ1n) is 8.50. The van der Waals surface area contributed by atoms with Crippen molar-refractivity contribution in [3.05, 3.63) is 11.8 Å². The molecule has 1 fully saturated rings. The van der Waals surface area contributed by atoms with Crippen LogP contribution in [-0.4, -0.2) is 40.1 Å². The van der Waals surface area contributed by atoms with E-state index in [1.165, 1.54) is 4.68 Å². The average molecular weight is 350 g/mol. The Balaban J connectivity index is 2.11. The molecule has 1 aromatic heterocycles. The van der Waals surface area contributed by atoms with Gasteiger partial charge in [-0.1, -0.05) is 20.8 Å². The molecule has 1 saturated heterocycles. The number of anilines is 1. The highest BCUT2D eigenvalue weighted by molar-refractivity contribution is 6.39. The lowest BCUT2D eigenvalue weighted by atomic mass is 10.1. The standard InChI is InChI=1S/C16H26N6O3/c1-5-11-7-13(23)20-16(18-11)22-12(6-10(4)21-22)19-15(25)14(24)17-8-9(2)3/h6,9,11,16,18H,5,7-8H2,1-4H3,(H,17,24)(H,19,25)(H,20,23). The molecule has 1 aliphatic heterocycles. The minimum absolute atomic E-state index is 0.0288. The van der Waals surface area contributed by atoms with Crippen LogP contribution in [0.1, 0.15) is 45.6 Å². The van der Waals surface area contributed by atoms with Crippen molar-refractivity contribution in [2.75, 3.05) is 11.9 Å². The molecular formula is C16H26N6O3. The predicted octanol–water partition coefficient (Wildman–Crippen LogP) is 0.246. The van der Waals surface area contributed by atoms with Crippen molar-refractivity contribution in [2.45, 2.75) is 52.9 Å². The maximum Gasteiger partial charge on any atom is 0.314 e. The third-order valence-electron chi connectivity index (χ3n) is 3.84. The van der Waals surface area contributed by atoms with Crippen LogP contribution in [0.2, 0.25) is 0 Å². The van der Waals surface area contributed by atoms with Gasteiger partial charge in [0.2, 0.25) is 5.91 Å². The lowest BCUT2D eigenvalue weighted by Gasteiger charge is -2.31. The van der Waals surface area contributed by atoms with Crippen LogP contribution in [0.5, 0.6) is 0 Å². The number of hydrogen-bond donors (Lipinski definition) is 4. The summed E-state index contributed by atoms with van der Waals surface area (Å²) < 4.78 is 1.47. The Bertz CT molecular complexity index is 654. The fourth-order valence-electron chi connectivity index (χ4n) is 2.51. The number of nitrogens with one attached hydrogen (secondary N) is 4. The highest BCUT2D eigenvalue weighted by atomic mass is 16.2. The molecule has 0 radical (unpaired) electrons. The number of rotatable bonds is 5. The summed E-state index contributed by atoms with van der Waals surface area (Å²) in [7, 11) is 0. The molecule has 4 N–H and O–H groups in total. The van der Waals surface area contributed by atoms with Crippen LogP contribution in [-0.2, 0) is 14.4 Å². The number of aryl methyl sites for hydroxylation is 1. The number of amides is 3. The second-order valence-electron chi connectivity index (χ2n) is 6.62. The van der Waals surface area contributed by atoms with Gasteiger partial charge in [-0.05, 0) is 19.3 Å². The Morgan fingerprint density at radius 2 is 2.12 bits per heavy atom. The van der Waals surface area contributed by atoms with Gasteiger partial charge in [-0.3, -0.25) is 19.7 Å². The van der Waals surface area contributed by atoms with Gasteiger partial charge in [0.05, 0.1) is 5.69 Å². The zero-order valence-corrected chi connectivity index (χ0v) is 15.0. The van der Waals surface area contributed by atoms with Crippen LogP contribution in [0.15, 0.2) is 6.07 Å². The second kappa shape index (κ2) is 8.11.